The third kappa shape index (κ3) is 8.35. The lowest BCUT2D eigenvalue weighted by atomic mass is 10.0. The van der Waals surface area contributed by atoms with Crippen LogP contribution in [0.3, 0.4) is 0 Å². The molecule has 0 bridgehead atoms. The fourth-order valence-corrected chi connectivity index (χ4v) is 3.91. The Bertz CT molecular complexity index is 1110. The molecular weight excluding hydrogens is 558 g/mol. The molecule has 0 saturated heterocycles. The first-order valence-electron chi connectivity index (χ1n) is 11.6. The Morgan fingerprint density at radius 1 is 0.971 bits per heavy atom. The standard InChI is InChI=1S/C28H30FIN2O3/c1-20(2)17-31-28(34)26(16-21-8-4-3-5-9-21)32(18-22-10-6-7-11-25(22)29)27(33)19-35-24-14-12-23(30)13-15-24/h3-15,20,26H,16-19H2,1-2H3,(H,31,34)/t26-/m0/s1. The van der Waals surface area contributed by atoms with E-state index in [0.717, 1.165) is 9.13 Å². The van der Waals surface area contributed by atoms with E-state index in [9.17, 15) is 14.0 Å². The zero-order valence-electron chi connectivity index (χ0n) is 19.9. The summed E-state index contributed by atoms with van der Waals surface area (Å²) in [5.41, 5.74) is 1.24. The summed E-state index contributed by atoms with van der Waals surface area (Å²) in [5, 5.41) is 2.95. The van der Waals surface area contributed by atoms with Crippen LogP contribution in [0, 0.1) is 15.3 Å². The summed E-state index contributed by atoms with van der Waals surface area (Å²) in [6, 6.07) is 22.3. The molecule has 1 atom stereocenters. The quantitative estimate of drug-likeness (QED) is 0.313. The second-order valence-electron chi connectivity index (χ2n) is 8.70. The van der Waals surface area contributed by atoms with Crippen LogP contribution in [0.2, 0.25) is 0 Å². The van der Waals surface area contributed by atoms with Crippen molar-refractivity contribution < 1.29 is 18.7 Å². The van der Waals surface area contributed by atoms with Crippen molar-refractivity contribution in [1.29, 1.82) is 0 Å². The second-order valence-corrected chi connectivity index (χ2v) is 9.95. The third-order valence-electron chi connectivity index (χ3n) is 5.43. The SMILES string of the molecule is CC(C)CNC(=O)[C@H](Cc1ccccc1)N(Cc1ccccc1F)C(=O)COc1ccc(I)cc1. The van der Waals surface area contributed by atoms with Gasteiger partial charge >= 0.3 is 0 Å². The molecule has 2 amide bonds. The van der Waals surface area contributed by atoms with Gasteiger partial charge in [-0.3, -0.25) is 9.59 Å². The number of nitrogens with one attached hydrogen (secondary N) is 1. The van der Waals surface area contributed by atoms with E-state index in [4.69, 9.17) is 4.74 Å². The number of ether oxygens (including phenoxy) is 1. The van der Waals surface area contributed by atoms with Gasteiger partial charge in [-0.2, -0.15) is 0 Å². The molecule has 0 aliphatic heterocycles. The van der Waals surface area contributed by atoms with Gasteiger partial charge in [0.15, 0.2) is 6.61 Å². The molecule has 3 aromatic rings. The van der Waals surface area contributed by atoms with Gasteiger partial charge in [0.2, 0.25) is 5.91 Å². The van der Waals surface area contributed by atoms with Crippen LogP contribution in [0.25, 0.3) is 0 Å². The minimum atomic E-state index is -0.830. The maximum Gasteiger partial charge on any atom is 0.261 e. The largest absolute Gasteiger partial charge is 0.484 e. The van der Waals surface area contributed by atoms with E-state index >= 15 is 0 Å². The van der Waals surface area contributed by atoms with Crippen LogP contribution in [0.5, 0.6) is 5.75 Å². The molecule has 0 saturated carbocycles. The minimum Gasteiger partial charge on any atom is -0.484 e. The predicted molar refractivity (Wildman–Crippen MR) is 143 cm³/mol. The average Bonchev–Trinajstić information content (AvgIpc) is 2.85. The summed E-state index contributed by atoms with van der Waals surface area (Å²) in [4.78, 5) is 28.2. The molecule has 0 unspecified atom stereocenters. The molecule has 35 heavy (non-hydrogen) atoms. The molecule has 3 aromatic carbocycles. The van der Waals surface area contributed by atoms with Gasteiger partial charge in [-0.25, -0.2) is 4.39 Å². The fourth-order valence-electron chi connectivity index (χ4n) is 3.55. The molecule has 0 aliphatic rings. The van der Waals surface area contributed by atoms with E-state index in [2.05, 4.69) is 27.9 Å². The van der Waals surface area contributed by atoms with Crippen molar-refractivity contribution in [3.63, 3.8) is 0 Å². The average molecular weight is 588 g/mol. The third-order valence-corrected chi connectivity index (χ3v) is 6.15. The van der Waals surface area contributed by atoms with E-state index in [-0.39, 0.29) is 25.0 Å². The summed E-state index contributed by atoms with van der Waals surface area (Å²) in [7, 11) is 0. The van der Waals surface area contributed by atoms with Crippen LogP contribution < -0.4 is 10.1 Å². The number of hydrogen-bond acceptors (Lipinski definition) is 3. The summed E-state index contributed by atoms with van der Waals surface area (Å²) < 4.78 is 21.4. The Balaban J connectivity index is 1.90. The van der Waals surface area contributed by atoms with E-state index < -0.39 is 17.8 Å². The lowest BCUT2D eigenvalue weighted by Crippen LogP contribution is -2.52. The summed E-state index contributed by atoms with van der Waals surface area (Å²) >= 11 is 2.19. The molecule has 0 fully saturated rings. The minimum absolute atomic E-state index is 0.0475. The Hall–Kier alpha value is -2.94. The van der Waals surface area contributed by atoms with Gasteiger partial charge < -0.3 is 15.0 Å². The lowest BCUT2D eigenvalue weighted by molar-refractivity contribution is -0.142. The smallest absolute Gasteiger partial charge is 0.261 e. The van der Waals surface area contributed by atoms with Crippen LogP contribution in [0.15, 0.2) is 78.9 Å². The number of carbonyl (C=O) groups is 2. The molecule has 3 rings (SSSR count). The predicted octanol–water partition coefficient (Wildman–Crippen LogP) is 5.22. The van der Waals surface area contributed by atoms with Crippen LogP contribution in [0.4, 0.5) is 4.39 Å². The van der Waals surface area contributed by atoms with Crippen LogP contribution in [-0.2, 0) is 22.6 Å². The highest BCUT2D eigenvalue weighted by molar-refractivity contribution is 14.1. The highest BCUT2D eigenvalue weighted by atomic mass is 127. The normalized spacial score (nSPS) is 11.7. The number of nitrogens with zero attached hydrogens (tertiary/aromatic N) is 1. The van der Waals surface area contributed by atoms with Crippen molar-refractivity contribution >= 4 is 34.4 Å². The van der Waals surface area contributed by atoms with Gasteiger partial charge in [-0.05, 0) is 64.4 Å². The Morgan fingerprint density at radius 3 is 2.29 bits per heavy atom. The highest BCUT2D eigenvalue weighted by Gasteiger charge is 2.31. The van der Waals surface area contributed by atoms with Gasteiger partial charge in [-0.1, -0.05) is 62.4 Å². The monoisotopic (exact) mass is 588 g/mol. The molecule has 184 valence electrons. The van der Waals surface area contributed by atoms with E-state index in [1.807, 2.05) is 56.3 Å². The number of benzene rings is 3. The maximum absolute atomic E-state index is 14.6. The van der Waals surface area contributed by atoms with Gasteiger partial charge in [0, 0.05) is 28.6 Å². The molecule has 1 N–H and O–H groups in total. The Kier molecular flexibility index (Phi) is 10.1. The number of hydrogen-bond donors (Lipinski definition) is 1. The van der Waals surface area contributed by atoms with Crippen LogP contribution in [-0.4, -0.2) is 35.9 Å². The summed E-state index contributed by atoms with van der Waals surface area (Å²) in [6.45, 7) is 4.17. The van der Waals surface area contributed by atoms with Crippen molar-refractivity contribution in [2.24, 2.45) is 5.92 Å². The van der Waals surface area contributed by atoms with E-state index in [0.29, 0.717) is 24.3 Å². The van der Waals surface area contributed by atoms with E-state index in [1.54, 1.807) is 30.3 Å². The van der Waals surface area contributed by atoms with Crippen LogP contribution >= 0.6 is 22.6 Å². The number of rotatable bonds is 11. The van der Waals surface area contributed by atoms with Crippen molar-refractivity contribution in [3.05, 3.63) is 99.4 Å². The molecule has 0 radical (unpaired) electrons. The molecule has 5 nitrogen and oxygen atoms in total. The van der Waals surface area contributed by atoms with E-state index in [1.165, 1.54) is 11.0 Å². The second kappa shape index (κ2) is 13.2. The molecule has 7 heteroatoms. The first kappa shape index (κ1) is 26.7. The summed E-state index contributed by atoms with van der Waals surface area (Å²) in [5.74, 6) is -0.302. The molecular formula is C28H30FIN2O3. The van der Waals surface area contributed by atoms with Crippen molar-refractivity contribution in [2.75, 3.05) is 13.2 Å². The first-order chi connectivity index (χ1) is 16.8. The molecule has 0 aromatic heterocycles. The molecule has 0 aliphatic carbocycles. The Morgan fingerprint density at radius 2 is 1.63 bits per heavy atom. The zero-order valence-corrected chi connectivity index (χ0v) is 22.1. The lowest BCUT2D eigenvalue weighted by Gasteiger charge is -2.31. The van der Waals surface area contributed by atoms with Crippen LogP contribution in [0.1, 0.15) is 25.0 Å². The van der Waals surface area contributed by atoms with Crippen molar-refractivity contribution in [1.82, 2.24) is 10.2 Å². The number of carbonyl (C=O) groups excluding carboxylic acids is 2. The summed E-state index contributed by atoms with van der Waals surface area (Å²) in [6.07, 6.45) is 0.300. The topological polar surface area (TPSA) is 58.6 Å². The number of amides is 2. The van der Waals surface area contributed by atoms with Gasteiger partial charge in [0.05, 0.1) is 0 Å². The first-order valence-corrected chi connectivity index (χ1v) is 12.6. The zero-order chi connectivity index (χ0) is 25.2. The van der Waals surface area contributed by atoms with Crippen molar-refractivity contribution in [3.8, 4) is 5.75 Å². The van der Waals surface area contributed by atoms with Crippen molar-refractivity contribution in [2.45, 2.75) is 32.9 Å². The van der Waals surface area contributed by atoms with Gasteiger partial charge in [-0.15, -0.1) is 0 Å². The van der Waals surface area contributed by atoms with Gasteiger partial charge in [0.25, 0.3) is 5.91 Å². The molecule has 0 spiro atoms. The maximum atomic E-state index is 14.6. The highest BCUT2D eigenvalue weighted by Crippen LogP contribution is 2.18. The van der Waals surface area contributed by atoms with Gasteiger partial charge in [0.1, 0.15) is 17.6 Å². The Labute approximate surface area is 219 Å². The number of halogens is 2. The molecule has 0 heterocycles. The fraction of sp³-hybridized carbons (Fsp3) is 0.286.